The van der Waals surface area contributed by atoms with Crippen LogP contribution in [0.15, 0.2) is 43.0 Å². The molecule has 2 rings (SSSR count). The molecule has 1 aromatic carbocycles. The molecule has 0 bridgehead atoms. The largest absolute Gasteiger partial charge is 0.481 e. The van der Waals surface area contributed by atoms with Gasteiger partial charge in [-0.2, -0.15) is 0 Å². The number of carbonyl (C=O) groups is 2. The molecule has 0 aliphatic carbocycles. The number of aromatic nitrogens is 2. The molecular weight excluding hydrogens is 376 g/mol. The lowest BCUT2D eigenvalue weighted by molar-refractivity contribution is -0.136. The fourth-order valence-electron chi connectivity index (χ4n) is 3.68. The third-order valence-electron chi connectivity index (χ3n) is 5.53. The van der Waals surface area contributed by atoms with E-state index in [2.05, 4.69) is 9.55 Å². The van der Waals surface area contributed by atoms with Gasteiger partial charge in [0.25, 0.3) is 0 Å². The van der Waals surface area contributed by atoms with Gasteiger partial charge in [-0.3, -0.25) is 9.59 Å². The number of carboxylic acid groups (broad SMARTS) is 1. The van der Waals surface area contributed by atoms with Crippen LogP contribution in [0.3, 0.4) is 0 Å². The molecule has 0 aliphatic rings. The highest BCUT2D eigenvalue weighted by Gasteiger charge is 2.08. The third-order valence-corrected chi connectivity index (χ3v) is 5.53. The van der Waals surface area contributed by atoms with E-state index >= 15 is 0 Å². The lowest BCUT2D eigenvalue weighted by Crippen LogP contribution is -2.03. The Labute approximate surface area is 180 Å². The molecule has 1 heterocycles. The summed E-state index contributed by atoms with van der Waals surface area (Å²) >= 11 is 0. The number of benzene rings is 1. The number of carbonyl (C=O) groups excluding carboxylic acids is 1. The molecule has 1 N–H and O–H groups in total. The minimum atomic E-state index is -0.929. The number of hydrogen-bond acceptors (Lipinski definition) is 3. The Hall–Kier alpha value is -2.43. The second kappa shape index (κ2) is 14.5. The molecule has 0 saturated carbocycles. The molecule has 0 atom stereocenters. The van der Waals surface area contributed by atoms with Crippen LogP contribution in [-0.2, 0) is 17.8 Å². The number of aliphatic carboxylic acids is 1. The van der Waals surface area contributed by atoms with Crippen molar-refractivity contribution >= 4 is 11.8 Å². The van der Waals surface area contributed by atoms with Crippen molar-refractivity contribution in [2.45, 2.75) is 90.0 Å². The second-order valence-corrected chi connectivity index (χ2v) is 8.10. The first kappa shape index (κ1) is 23.8. The molecule has 0 amide bonds. The van der Waals surface area contributed by atoms with E-state index in [1.807, 2.05) is 43.0 Å². The highest BCUT2D eigenvalue weighted by atomic mass is 16.4. The van der Waals surface area contributed by atoms with Crippen LogP contribution in [-0.4, -0.2) is 26.4 Å². The van der Waals surface area contributed by atoms with Crippen molar-refractivity contribution in [2.75, 3.05) is 0 Å². The molecule has 30 heavy (non-hydrogen) atoms. The topological polar surface area (TPSA) is 72.2 Å². The molecule has 164 valence electrons. The quantitative estimate of drug-likeness (QED) is 0.253. The lowest BCUT2D eigenvalue weighted by Gasteiger charge is -2.05. The summed E-state index contributed by atoms with van der Waals surface area (Å²) in [5.41, 5.74) is 1.86. The first-order valence-corrected chi connectivity index (χ1v) is 11.4. The number of nitrogens with zero attached hydrogens (tertiary/aromatic N) is 2. The van der Waals surface area contributed by atoms with E-state index in [9.17, 15) is 9.59 Å². The summed E-state index contributed by atoms with van der Waals surface area (Å²) in [4.78, 5) is 26.5. The third kappa shape index (κ3) is 10.4. The van der Waals surface area contributed by atoms with E-state index in [0.717, 1.165) is 13.0 Å². The molecular formula is C25H36N2O3. The van der Waals surface area contributed by atoms with E-state index in [4.69, 9.17) is 5.11 Å². The van der Waals surface area contributed by atoms with Gasteiger partial charge in [-0.15, -0.1) is 0 Å². The maximum atomic E-state index is 11.9. The molecule has 0 fully saturated rings. The first-order valence-electron chi connectivity index (χ1n) is 11.4. The molecule has 0 unspecified atom stereocenters. The van der Waals surface area contributed by atoms with Gasteiger partial charge in [-0.05, 0) is 24.8 Å². The Morgan fingerprint density at radius 1 is 0.800 bits per heavy atom. The van der Waals surface area contributed by atoms with Crippen LogP contribution in [0.1, 0.15) is 93.0 Å². The monoisotopic (exact) mass is 412 g/mol. The van der Waals surface area contributed by atoms with Crippen LogP contribution in [0, 0.1) is 0 Å². The molecule has 0 saturated heterocycles. The van der Waals surface area contributed by atoms with Crippen molar-refractivity contribution in [3.8, 4) is 0 Å². The Balaban J connectivity index is 1.41. The van der Waals surface area contributed by atoms with Crippen molar-refractivity contribution in [3.05, 3.63) is 54.1 Å². The average molecular weight is 413 g/mol. The van der Waals surface area contributed by atoms with Crippen molar-refractivity contribution in [3.63, 3.8) is 0 Å². The van der Waals surface area contributed by atoms with Gasteiger partial charge >= 0.3 is 5.97 Å². The van der Waals surface area contributed by atoms with Crippen LogP contribution in [0.2, 0.25) is 0 Å². The van der Waals surface area contributed by atoms with Crippen molar-refractivity contribution in [2.24, 2.45) is 0 Å². The minimum absolute atomic E-state index is 0.0696. The van der Waals surface area contributed by atoms with Crippen molar-refractivity contribution in [1.29, 1.82) is 0 Å². The number of imidazole rings is 1. The summed E-state index contributed by atoms with van der Waals surface area (Å²) in [7, 11) is 0. The number of unbranched alkanes of at least 4 members (excludes halogenated alkanes) is 9. The fraction of sp³-hybridized carbons (Fsp3) is 0.560. The van der Waals surface area contributed by atoms with E-state index in [1.165, 1.54) is 69.8 Å². The van der Waals surface area contributed by atoms with Gasteiger partial charge in [0.1, 0.15) is 0 Å². The number of hydrogen-bond donors (Lipinski definition) is 1. The molecule has 0 aliphatic heterocycles. The fourth-order valence-corrected chi connectivity index (χ4v) is 3.68. The van der Waals surface area contributed by atoms with Crippen LogP contribution in [0.4, 0.5) is 0 Å². The lowest BCUT2D eigenvalue weighted by atomic mass is 10.0. The zero-order valence-corrected chi connectivity index (χ0v) is 18.1. The molecule has 5 heteroatoms. The highest BCUT2D eigenvalue weighted by molar-refractivity contribution is 5.97. The Kier molecular flexibility index (Phi) is 11.6. The zero-order valence-electron chi connectivity index (χ0n) is 18.1. The van der Waals surface area contributed by atoms with E-state index < -0.39 is 5.97 Å². The van der Waals surface area contributed by atoms with Crippen LogP contribution in [0.5, 0.6) is 0 Å². The summed E-state index contributed by atoms with van der Waals surface area (Å²) in [6.07, 6.45) is 19.8. The number of aryl methyl sites for hydroxylation is 2. The van der Waals surface area contributed by atoms with Crippen LogP contribution in [0.25, 0.3) is 0 Å². The number of Topliss-reactive ketones (excluding diaryl/α,β-unsaturated/α-hetero) is 1. The highest BCUT2D eigenvalue weighted by Crippen LogP contribution is 2.14. The summed E-state index contributed by atoms with van der Waals surface area (Å²) < 4.78 is 2.15. The zero-order chi connectivity index (χ0) is 21.4. The van der Waals surface area contributed by atoms with Gasteiger partial charge in [0.2, 0.25) is 0 Å². The number of rotatable bonds is 17. The predicted molar refractivity (Wildman–Crippen MR) is 120 cm³/mol. The SMILES string of the molecule is O=C(O)CCC(=O)c1ccc(CCCCCCCCCCCCn2ccnc2)cc1. The standard InChI is InChI=1S/C25H36N2O3/c28-24(16-17-25(29)30)23-14-12-22(13-15-23)11-9-7-5-3-1-2-4-6-8-10-19-27-20-18-26-21-27/h12-15,18,20-21H,1-11,16-17,19H2,(H,29,30). The Bertz CT molecular complexity index is 723. The van der Waals surface area contributed by atoms with Gasteiger partial charge in [-0.25, -0.2) is 4.98 Å². The summed E-state index contributed by atoms with van der Waals surface area (Å²) in [6.45, 7) is 1.09. The maximum Gasteiger partial charge on any atom is 0.303 e. The first-order chi connectivity index (χ1) is 14.6. The van der Waals surface area contributed by atoms with Gasteiger partial charge in [-0.1, -0.05) is 75.6 Å². The van der Waals surface area contributed by atoms with Crippen LogP contribution < -0.4 is 0 Å². The van der Waals surface area contributed by atoms with Gasteiger partial charge in [0.15, 0.2) is 5.78 Å². The van der Waals surface area contributed by atoms with E-state index in [1.54, 1.807) is 0 Å². The van der Waals surface area contributed by atoms with Gasteiger partial charge in [0.05, 0.1) is 12.7 Å². The second-order valence-electron chi connectivity index (χ2n) is 8.10. The molecule has 2 aromatic rings. The van der Waals surface area contributed by atoms with E-state index in [0.29, 0.717) is 5.56 Å². The molecule has 1 aromatic heterocycles. The smallest absolute Gasteiger partial charge is 0.303 e. The Morgan fingerprint density at radius 2 is 1.40 bits per heavy atom. The average Bonchev–Trinajstić information content (AvgIpc) is 3.26. The molecule has 5 nitrogen and oxygen atoms in total. The molecule has 0 spiro atoms. The van der Waals surface area contributed by atoms with Crippen LogP contribution >= 0.6 is 0 Å². The number of ketones is 1. The Morgan fingerprint density at radius 3 is 1.97 bits per heavy atom. The minimum Gasteiger partial charge on any atom is -0.481 e. The van der Waals surface area contributed by atoms with Crippen molar-refractivity contribution < 1.29 is 14.7 Å². The number of carboxylic acids is 1. The van der Waals surface area contributed by atoms with Gasteiger partial charge < -0.3 is 9.67 Å². The van der Waals surface area contributed by atoms with Gasteiger partial charge in [0, 0.05) is 30.9 Å². The molecule has 0 radical (unpaired) electrons. The normalized spacial score (nSPS) is 10.9. The maximum absolute atomic E-state index is 11.9. The predicted octanol–water partition coefficient (Wildman–Crippen LogP) is 6.07. The summed E-state index contributed by atoms with van der Waals surface area (Å²) in [5, 5.41) is 8.66. The summed E-state index contributed by atoms with van der Waals surface area (Å²) in [6, 6.07) is 7.66. The van der Waals surface area contributed by atoms with E-state index in [-0.39, 0.29) is 18.6 Å². The summed E-state index contributed by atoms with van der Waals surface area (Å²) in [5.74, 6) is -1.02. The van der Waals surface area contributed by atoms with Crippen molar-refractivity contribution in [1.82, 2.24) is 9.55 Å².